The minimum Gasteiger partial charge on any atom is -0.0950 e. The van der Waals surface area contributed by atoms with E-state index in [9.17, 15) is 0 Å². The van der Waals surface area contributed by atoms with Gasteiger partial charge in [0.25, 0.3) is 0 Å². The summed E-state index contributed by atoms with van der Waals surface area (Å²) in [5.74, 6) is 0. The first kappa shape index (κ1) is 7.44. The zero-order chi connectivity index (χ0) is 5.86. The lowest BCUT2D eigenvalue weighted by Crippen LogP contribution is -1.64. The summed E-state index contributed by atoms with van der Waals surface area (Å²) in [5, 5.41) is 0. The largest absolute Gasteiger partial charge is 0.0950 e. The van der Waals surface area contributed by atoms with Crippen molar-refractivity contribution in [2.75, 3.05) is 0 Å². The summed E-state index contributed by atoms with van der Waals surface area (Å²) in [6, 6.07) is 0. The van der Waals surface area contributed by atoms with Gasteiger partial charge in [-0.05, 0) is 17.5 Å². The van der Waals surface area contributed by atoms with E-state index in [4.69, 9.17) is 0 Å². The van der Waals surface area contributed by atoms with Crippen LogP contribution in [0.2, 0.25) is 0 Å². The first-order chi connectivity index (χ1) is 3.18. The minimum atomic E-state index is 1.01. The molecule has 0 saturated carbocycles. The van der Waals surface area contributed by atoms with E-state index in [-0.39, 0.29) is 0 Å². The number of hydrogen-bond donors (Lipinski definition) is 0. The van der Waals surface area contributed by atoms with Gasteiger partial charge in [-0.15, -0.1) is 0 Å². The smallest absolute Gasteiger partial charge is 0.0267 e. The Labute approximate surface area is 60.6 Å². The van der Waals surface area contributed by atoms with Crippen molar-refractivity contribution in [1.29, 1.82) is 0 Å². The van der Waals surface area contributed by atoms with Crippen molar-refractivity contribution in [3.63, 3.8) is 0 Å². The molecule has 0 aromatic carbocycles. The van der Waals surface area contributed by atoms with Crippen LogP contribution in [-0.2, 0) is 0 Å². The molecular weight excluding hydrogens is 220 g/mol. The number of allylic oxidation sites excluding steroid dienone is 2. The van der Waals surface area contributed by atoms with E-state index in [1.54, 1.807) is 4.99 Å². The monoisotopic (exact) mass is 224 g/mol. The Morgan fingerprint density at radius 2 is 2.14 bits per heavy atom. The van der Waals surface area contributed by atoms with Crippen molar-refractivity contribution in [3.05, 3.63) is 21.6 Å². The third kappa shape index (κ3) is 3.06. The van der Waals surface area contributed by atoms with Crippen LogP contribution in [0.3, 0.4) is 0 Å². The average molecular weight is 226 g/mol. The van der Waals surface area contributed by atoms with Crippen LogP contribution in [0.25, 0.3) is 0 Å². The van der Waals surface area contributed by atoms with Gasteiger partial charge < -0.3 is 0 Å². The predicted octanol–water partition coefficient (Wildman–Crippen LogP) is 3.19. The van der Waals surface area contributed by atoms with Gasteiger partial charge in [0.05, 0.1) is 0 Å². The molecule has 0 nitrogen and oxygen atoms in total. The number of hydrogen-bond acceptors (Lipinski definition) is 0. The maximum Gasteiger partial charge on any atom is 0.0267 e. The van der Waals surface area contributed by atoms with Crippen LogP contribution >= 0.6 is 31.9 Å². The molecule has 7 heavy (non-hydrogen) atoms. The molecule has 0 fully saturated rings. The maximum absolute atomic E-state index is 3.68. The van der Waals surface area contributed by atoms with Gasteiger partial charge in [0.2, 0.25) is 0 Å². The normalized spacial score (nSPS) is 11.6. The van der Waals surface area contributed by atoms with Gasteiger partial charge in [0.1, 0.15) is 0 Å². The molecule has 0 aromatic rings. The first-order valence-corrected chi connectivity index (χ1v) is 3.51. The topological polar surface area (TPSA) is 0 Å². The highest BCUT2D eigenvalue weighted by Gasteiger charge is 1.85. The second kappa shape index (κ2) is 3.44. The second-order valence-electron chi connectivity index (χ2n) is 1.24. The third-order valence-corrected chi connectivity index (χ3v) is 2.48. The van der Waals surface area contributed by atoms with E-state index in [0.717, 1.165) is 10.1 Å². The van der Waals surface area contributed by atoms with E-state index in [2.05, 4.69) is 38.4 Å². The Kier molecular flexibility index (Phi) is 3.66. The second-order valence-corrected chi connectivity index (χ2v) is 2.55. The fraction of sp³-hybridized carbons (Fsp3) is 0.200. The fourth-order valence-corrected chi connectivity index (χ4v) is 0.484. The highest BCUT2D eigenvalue weighted by atomic mass is 79.9. The molecule has 40 valence electrons. The molecule has 0 aliphatic rings. The van der Waals surface area contributed by atoms with Crippen LogP contribution in [0.4, 0.5) is 0 Å². The molecule has 0 radical (unpaired) electrons. The lowest BCUT2D eigenvalue weighted by Gasteiger charge is -1.88. The van der Waals surface area contributed by atoms with E-state index >= 15 is 0 Å². The summed E-state index contributed by atoms with van der Waals surface area (Å²) in [4.78, 5) is 1.79. The molecule has 0 aliphatic heterocycles. The molecule has 0 N–H and O–H groups in total. The lowest BCUT2D eigenvalue weighted by atomic mass is 10.4. The van der Waals surface area contributed by atoms with Crippen molar-refractivity contribution in [2.24, 2.45) is 0 Å². The van der Waals surface area contributed by atoms with Crippen LogP contribution in [0, 0.1) is 0 Å². The quantitative estimate of drug-likeness (QED) is 0.602. The highest BCUT2D eigenvalue weighted by Crippen LogP contribution is 2.15. The van der Waals surface area contributed by atoms with Crippen molar-refractivity contribution >= 4 is 31.9 Å². The Hall–Kier alpha value is 0.440. The van der Waals surface area contributed by atoms with Crippen LogP contribution < -0.4 is 0 Å². The molecule has 0 saturated heterocycles. The molecule has 0 spiro atoms. The summed E-state index contributed by atoms with van der Waals surface area (Å²) in [6.07, 6.45) is 0. The minimum absolute atomic E-state index is 1.01. The molecular formula is C5H6Br2. The summed E-state index contributed by atoms with van der Waals surface area (Å²) in [6.45, 7) is 5.61. The Bertz CT molecular complexity index is 103. The Balaban J connectivity index is 3.82. The molecule has 0 amide bonds. The van der Waals surface area contributed by atoms with Gasteiger partial charge in [0, 0.05) is 4.48 Å². The molecule has 0 rings (SSSR count). The van der Waals surface area contributed by atoms with E-state index < -0.39 is 0 Å². The molecule has 0 aromatic heterocycles. The van der Waals surface area contributed by atoms with Crippen LogP contribution in [0.5, 0.6) is 0 Å². The van der Waals surface area contributed by atoms with E-state index in [0.29, 0.717) is 0 Å². The average Bonchev–Trinajstić information content (AvgIpc) is 1.65. The van der Waals surface area contributed by atoms with Crippen LogP contribution in [-0.4, -0.2) is 0 Å². The molecule has 0 aliphatic carbocycles. The zero-order valence-corrected chi connectivity index (χ0v) is 7.21. The maximum atomic E-state index is 3.68. The molecule has 0 heterocycles. The number of rotatable bonds is 1. The first-order valence-electron chi connectivity index (χ1n) is 1.80. The number of halogens is 2. The van der Waals surface area contributed by atoms with Gasteiger partial charge in [0.15, 0.2) is 0 Å². The van der Waals surface area contributed by atoms with Crippen molar-refractivity contribution in [2.45, 2.75) is 6.92 Å². The van der Waals surface area contributed by atoms with Gasteiger partial charge in [-0.2, -0.15) is 0 Å². The van der Waals surface area contributed by atoms with Gasteiger partial charge in [-0.25, -0.2) is 0 Å². The molecule has 0 atom stereocenters. The van der Waals surface area contributed by atoms with Gasteiger partial charge in [-0.3, -0.25) is 0 Å². The standard InChI is InChI=1S/C5H6Br2/c1-4(2)5(7)3-6/h3H,1H2,2H3. The summed E-state index contributed by atoms with van der Waals surface area (Å²) >= 11 is 6.40. The molecule has 0 unspecified atom stereocenters. The Morgan fingerprint density at radius 3 is 2.14 bits per heavy atom. The van der Waals surface area contributed by atoms with Crippen molar-refractivity contribution in [1.82, 2.24) is 0 Å². The predicted molar refractivity (Wildman–Crippen MR) is 40.8 cm³/mol. The molecule has 0 bridgehead atoms. The summed E-state index contributed by atoms with van der Waals surface area (Å²) in [7, 11) is 0. The fourth-order valence-electron chi connectivity index (χ4n) is 0.0931. The summed E-state index contributed by atoms with van der Waals surface area (Å²) in [5.41, 5.74) is 1.02. The van der Waals surface area contributed by atoms with Crippen molar-refractivity contribution in [3.8, 4) is 0 Å². The van der Waals surface area contributed by atoms with E-state index in [1.807, 2.05) is 6.92 Å². The van der Waals surface area contributed by atoms with Crippen LogP contribution in [0.15, 0.2) is 21.6 Å². The zero-order valence-electron chi connectivity index (χ0n) is 4.04. The Morgan fingerprint density at radius 1 is 1.71 bits per heavy atom. The van der Waals surface area contributed by atoms with E-state index in [1.165, 1.54) is 0 Å². The van der Waals surface area contributed by atoms with Gasteiger partial charge in [-0.1, -0.05) is 38.4 Å². The van der Waals surface area contributed by atoms with Crippen LogP contribution in [0.1, 0.15) is 6.92 Å². The highest BCUT2D eigenvalue weighted by molar-refractivity contribution is 9.14. The van der Waals surface area contributed by atoms with Crippen molar-refractivity contribution < 1.29 is 0 Å². The lowest BCUT2D eigenvalue weighted by molar-refractivity contribution is 1.56. The summed E-state index contributed by atoms with van der Waals surface area (Å²) < 4.78 is 1.01. The SMILES string of the molecule is C=C(C)C(Br)=CBr. The van der Waals surface area contributed by atoms with Gasteiger partial charge >= 0.3 is 0 Å². The third-order valence-electron chi connectivity index (χ3n) is 0.503. The molecule has 2 heteroatoms.